The van der Waals surface area contributed by atoms with E-state index in [1.807, 2.05) is 20.8 Å². The molecular formula is C33H45BrN6O7. The van der Waals surface area contributed by atoms with Crippen molar-refractivity contribution in [2.45, 2.75) is 76.2 Å². The number of nitrogens with zero attached hydrogens (tertiary/aromatic N) is 1. The molecule has 256 valence electrons. The lowest BCUT2D eigenvalue weighted by Crippen LogP contribution is -2.59. The second kappa shape index (κ2) is 17.7. The van der Waals surface area contributed by atoms with E-state index in [9.17, 15) is 29.1 Å². The van der Waals surface area contributed by atoms with Gasteiger partial charge in [-0.2, -0.15) is 0 Å². The van der Waals surface area contributed by atoms with Gasteiger partial charge < -0.3 is 41.7 Å². The fourth-order valence-electron chi connectivity index (χ4n) is 5.15. The number of carbonyl (C=O) groups excluding carboxylic acids is 5. The molecule has 47 heavy (non-hydrogen) atoms. The van der Waals surface area contributed by atoms with E-state index < -0.39 is 66.4 Å². The molecule has 0 aliphatic carbocycles. The van der Waals surface area contributed by atoms with Gasteiger partial charge in [-0.25, -0.2) is 0 Å². The first-order valence-corrected chi connectivity index (χ1v) is 16.6. The standard InChI is InChI=1S/C33H45BrN6O7/c1-33(2,3)39-31(45)26-10-7-17-40(26)32(46)29(43)24(18-21-8-5-4-6-9-21)38-30(44)25(19-27(35)41)37-28(42)20-47-23-13-11-22(12-14-23)36-16-15-34/h4-6,8-9,11-14,24-26,29,36,43H,7,10,15-20H2,1-3H3,(H2,35,41)(H,37,42)(H,38,44)(H,39,45)/t24?,25-,26-,29?/m0/s1. The van der Waals surface area contributed by atoms with Crippen LogP contribution in [0.25, 0.3) is 0 Å². The SMILES string of the molecule is CC(C)(C)NC(=O)[C@@H]1CCCN1C(=O)C(O)C(Cc1ccccc1)NC(=O)[C@H](CC(N)=O)NC(=O)COc1ccc(NCCBr)cc1. The summed E-state index contributed by atoms with van der Waals surface area (Å²) >= 11 is 3.34. The van der Waals surface area contributed by atoms with Crippen molar-refractivity contribution in [3.63, 3.8) is 0 Å². The second-order valence-electron chi connectivity index (χ2n) is 12.4. The molecule has 7 N–H and O–H groups in total. The van der Waals surface area contributed by atoms with Gasteiger partial charge in [0, 0.05) is 29.6 Å². The number of hydrogen-bond acceptors (Lipinski definition) is 8. The third-order valence-electron chi connectivity index (χ3n) is 7.30. The van der Waals surface area contributed by atoms with Gasteiger partial charge in [0.15, 0.2) is 12.7 Å². The molecule has 2 aromatic rings. The third kappa shape index (κ3) is 12.2. The fourth-order valence-corrected chi connectivity index (χ4v) is 5.35. The normalized spacial score (nSPS) is 16.4. The molecule has 5 amide bonds. The van der Waals surface area contributed by atoms with E-state index in [4.69, 9.17) is 10.5 Å². The molecule has 13 nitrogen and oxygen atoms in total. The van der Waals surface area contributed by atoms with Gasteiger partial charge in [0.1, 0.15) is 17.8 Å². The smallest absolute Gasteiger partial charge is 0.258 e. The van der Waals surface area contributed by atoms with Gasteiger partial charge in [0.05, 0.1) is 12.5 Å². The maximum absolute atomic E-state index is 13.6. The molecule has 0 saturated carbocycles. The zero-order valence-electron chi connectivity index (χ0n) is 27.0. The minimum atomic E-state index is -1.73. The molecule has 1 aliphatic heterocycles. The lowest BCUT2D eigenvalue weighted by molar-refractivity contribution is -0.147. The zero-order valence-corrected chi connectivity index (χ0v) is 28.5. The number of aliphatic hydroxyl groups is 1. The molecule has 0 spiro atoms. The lowest BCUT2D eigenvalue weighted by Gasteiger charge is -2.32. The Morgan fingerprint density at radius 3 is 2.34 bits per heavy atom. The summed E-state index contributed by atoms with van der Waals surface area (Å²) in [5.41, 5.74) is 6.46. The Hall–Kier alpha value is -4.17. The van der Waals surface area contributed by atoms with Crippen LogP contribution in [0.4, 0.5) is 5.69 Å². The molecular weight excluding hydrogens is 672 g/mol. The van der Waals surface area contributed by atoms with Crippen LogP contribution in [-0.2, 0) is 30.4 Å². The highest BCUT2D eigenvalue weighted by Gasteiger charge is 2.40. The Bertz CT molecular complexity index is 1370. The van der Waals surface area contributed by atoms with Gasteiger partial charge in [-0.05, 0) is 69.9 Å². The second-order valence-corrected chi connectivity index (χ2v) is 13.2. The maximum atomic E-state index is 13.6. The van der Waals surface area contributed by atoms with E-state index in [1.54, 1.807) is 54.6 Å². The average Bonchev–Trinajstić information content (AvgIpc) is 3.52. The number of rotatable bonds is 16. The number of benzene rings is 2. The summed E-state index contributed by atoms with van der Waals surface area (Å²) in [6, 6.07) is 12.5. The summed E-state index contributed by atoms with van der Waals surface area (Å²) in [5.74, 6) is -2.98. The van der Waals surface area contributed by atoms with Crippen molar-refractivity contribution in [1.82, 2.24) is 20.9 Å². The molecule has 0 bridgehead atoms. The number of nitrogens with two attached hydrogens (primary N) is 1. The van der Waals surface area contributed by atoms with E-state index in [0.29, 0.717) is 24.2 Å². The van der Waals surface area contributed by atoms with Crippen molar-refractivity contribution in [1.29, 1.82) is 0 Å². The Kier molecular flexibility index (Phi) is 14.0. The monoisotopic (exact) mass is 716 g/mol. The third-order valence-corrected chi connectivity index (χ3v) is 7.70. The highest BCUT2D eigenvalue weighted by molar-refractivity contribution is 9.09. The van der Waals surface area contributed by atoms with Crippen molar-refractivity contribution in [2.24, 2.45) is 5.73 Å². The van der Waals surface area contributed by atoms with Crippen LogP contribution >= 0.6 is 15.9 Å². The van der Waals surface area contributed by atoms with Crippen molar-refractivity contribution in [2.75, 3.05) is 30.3 Å². The summed E-state index contributed by atoms with van der Waals surface area (Å²) in [6.07, 6.45) is -1.21. The summed E-state index contributed by atoms with van der Waals surface area (Å²) in [5, 5.41) is 23.3. The molecule has 4 atom stereocenters. The number of ether oxygens (including phenoxy) is 1. The number of carbonyl (C=O) groups is 5. The summed E-state index contributed by atoms with van der Waals surface area (Å²) in [6.45, 7) is 6.06. The highest BCUT2D eigenvalue weighted by atomic mass is 79.9. The molecule has 14 heteroatoms. The molecule has 0 radical (unpaired) electrons. The molecule has 1 heterocycles. The van der Waals surface area contributed by atoms with Crippen molar-refractivity contribution >= 4 is 51.2 Å². The number of nitrogens with one attached hydrogen (secondary N) is 4. The van der Waals surface area contributed by atoms with Crippen LogP contribution in [0.2, 0.25) is 0 Å². The summed E-state index contributed by atoms with van der Waals surface area (Å²) < 4.78 is 5.54. The Balaban J connectivity index is 1.72. The number of aliphatic hydroxyl groups excluding tert-OH is 1. The van der Waals surface area contributed by atoms with Crippen LogP contribution in [0, 0.1) is 0 Å². The zero-order chi connectivity index (χ0) is 34.6. The number of alkyl halides is 1. The van der Waals surface area contributed by atoms with E-state index in [1.165, 1.54) is 4.90 Å². The predicted octanol–water partition coefficient (Wildman–Crippen LogP) is 1.23. The van der Waals surface area contributed by atoms with Crippen LogP contribution < -0.4 is 31.7 Å². The van der Waals surface area contributed by atoms with Gasteiger partial charge in [-0.1, -0.05) is 46.3 Å². The fraction of sp³-hybridized carbons (Fsp3) is 0.485. The Morgan fingerprint density at radius 1 is 1.04 bits per heavy atom. The quantitative estimate of drug-likeness (QED) is 0.140. The maximum Gasteiger partial charge on any atom is 0.258 e. The minimum absolute atomic E-state index is 0.0486. The summed E-state index contributed by atoms with van der Waals surface area (Å²) in [7, 11) is 0. The van der Waals surface area contributed by atoms with E-state index in [0.717, 1.165) is 17.6 Å². The van der Waals surface area contributed by atoms with Gasteiger partial charge in [-0.3, -0.25) is 24.0 Å². The minimum Gasteiger partial charge on any atom is -0.484 e. The molecule has 3 rings (SSSR count). The molecule has 0 aromatic heterocycles. The van der Waals surface area contributed by atoms with Gasteiger partial charge in [0.2, 0.25) is 17.7 Å². The van der Waals surface area contributed by atoms with E-state index >= 15 is 0 Å². The van der Waals surface area contributed by atoms with Crippen LogP contribution in [0.5, 0.6) is 5.75 Å². The first-order chi connectivity index (χ1) is 22.3. The Morgan fingerprint density at radius 2 is 1.72 bits per heavy atom. The van der Waals surface area contributed by atoms with Crippen molar-refractivity contribution < 1.29 is 33.8 Å². The molecule has 1 fully saturated rings. The predicted molar refractivity (Wildman–Crippen MR) is 181 cm³/mol. The van der Waals surface area contributed by atoms with Crippen molar-refractivity contribution in [3.05, 3.63) is 60.2 Å². The molecule has 1 saturated heterocycles. The lowest BCUT2D eigenvalue weighted by atomic mass is 9.99. The van der Waals surface area contributed by atoms with Gasteiger partial charge in [0.25, 0.3) is 11.8 Å². The number of halogens is 1. The van der Waals surface area contributed by atoms with E-state index in [-0.39, 0.29) is 18.9 Å². The molecule has 2 aromatic carbocycles. The average molecular weight is 718 g/mol. The first-order valence-electron chi connectivity index (χ1n) is 15.5. The van der Waals surface area contributed by atoms with Crippen LogP contribution in [0.3, 0.4) is 0 Å². The van der Waals surface area contributed by atoms with Crippen LogP contribution in [0.1, 0.15) is 45.6 Å². The first kappa shape index (κ1) is 37.3. The number of anilines is 1. The van der Waals surface area contributed by atoms with Gasteiger partial charge in [-0.15, -0.1) is 0 Å². The number of hydrogen-bond donors (Lipinski definition) is 6. The van der Waals surface area contributed by atoms with Crippen molar-refractivity contribution in [3.8, 4) is 5.75 Å². The number of primary amides is 1. The Labute approximate surface area is 283 Å². The summed E-state index contributed by atoms with van der Waals surface area (Å²) in [4.78, 5) is 66.1. The van der Waals surface area contributed by atoms with Crippen LogP contribution in [-0.4, -0.2) is 94.3 Å². The van der Waals surface area contributed by atoms with Gasteiger partial charge >= 0.3 is 0 Å². The van der Waals surface area contributed by atoms with E-state index in [2.05, 4.69) is 37.2 Å². The topological polar surface area (TPSA) is 192 Å². The molecule has 1 aliphatic rings. The largest absolute Gasteiger partial charge is 0.484 e. The highest BCUT2D eigenvalue weighted by Crippen LogP contribution is 2.21. The number of amides is 5. The van der Waals surface area contributed by atoms with Crippen LogP contribution in [0.15, 0.2) is 54.6 Å². The molecule has 2 unspecified atom stereocenters. The number of likely N-dealkylation sites (tertiary alicyclic amines) is 1.